The van der Waals surface area contributed by atoms with Gasteiger partial charge in [-0.2, -0.15) is 0 Å². The molecule has 0 radical (unpaired) electrons. The number of aryl methyl sites for hydroxylation is 3. The van der Waals surface area contributed by atoms with Crippen LogP contribution < -0.4 is 5.73 Å². The molecule has 1 aliphatic carbocycles. The molecule has 1 aliphatic rings. The third-order valence-electron chi connectivity index (χ3n) is 4.91. The number of hydrogen-bond donors (Lipinski definition) is 1. The van der Waals surface area contributed by atoms with Crippen molar-refractivity contribution in [1.82, 2.24) is 4.90 Å². The van der Waals surface area contributed by atoms with Crippen LogP contribution in [0, 0.1) is 26.7 Å². The Bertz CT molecular complexity index is 438. The van der Waals surface area contributed by atoms with Crippen molar-refractivity contribution >= 4 is 0 Å². The van der Waals surface area contributed by atoms with Crippen molar-refractivity contribution in [2.45, 2.75) is 58.9 Å². The highest BCUT2D eigenvalue weighted by Gasteiger charge is 2.18. The first-order valence-electron chi connectivity index (χ1n) is 8.49. The van der Waals surface area contributed by atoms with Crippen LogP contribution >= 0.6 is 0 Å². The first kappa shape index (κ1) is 16.5. The SMILES string of the molecule is Cc1cc(C)c(C(N)CN(C)CC2CCCCC2)c(C)c1. The summed E-state index contributed by atoms with van der Waals surface area (Å²) in [5, 5.41) is 0. The van der Waals surface area contributed by atoms with E-state index in [0.29, 0.717) is 0 Å². The standard InChI is InChI=1S/C19H32N2/c1-14-10-15(2)19(16(3)11-14)18(20)13-21(4)12-17-8-6-5-7-9-17/h10-11,17-18H,5-9,12-13,20H2,1-4H3. The predicted octanol–water partition coefficient (Wildman–Crippen LogP) is 4.12. The van der Waals surface area contributed by atoms with Crippen molar-refractivity contribution in [3.63, 3.8) is 0 Å². The minimum absolute atomic E-state index is 0.124. The molecule has 2 rings (SSSR count). The van der Waals surface area contributed by atoms with Crippen molar-refractivity contribution in [1.29, 1.82) is 0 Å². The van der Waals surface area contributed by atoms with Gasteiger partial charge in [-0.3, -0.25) is 0 Å². The Hall–Kier alpha value is -0.860. The average molecular weight is 288 g/mol. The Morgan fingerprint density at radius 2 is 1.67 bits per heavy atom. The second-order valence-electron chi connectivity index (χ2n) is 7.14. The molecule has 0 heterocycles. The maximum Gasteiger partial charge on any atom is 0.0429 e. The number of nitrogens with zero attached hydrogens (tertiary/aromatic N) is 1. The molecule has 1 aromatic rings. The summed E-state index contributed by atoms with van der Waals surface area (Å²) in [5.41, 5.74) is 11.9. The molecule has 0 spiro atoms. The number of rotatable bonds is 5. The van der Waals surface area contributed by atoms with Gasteiger partial charge in [0.2, 0.25) is 0 Å². The number of benzene rings is 1. The highest BCUT2D eigenvalue weighted by molar-refractivity contribution is 5.39. The fraction of sp³-hybridized carbons (Fsp3) is 0.684. The molecule has 1 unspecified atom stereocenters. The first-order chi connectivity index (χ1) is 9.97. The molecule has 0 aromatic heterocycles. The zero-order chi connectivity index (χ0) is 15.4. The molecule has 0 bridgehead atoms. The molecule has 21 heavy (non-hydrogen) atoms. The molecule has 2 nitrogen and oxygen atoms in total. The minimum Gasteiger partial charge on any atom is -0.323 e. The average Bonchev–Trinajstić information content (AvgIpc) is 2.38. The van der Waals surface area contributed by atoms with Crippen molar-refractivity contribution in [2.75, 3.05) is 20.1 Å². The second-order valence-corrected chi connectivity index (χ2v) is 7.14. The van der Waals surface area contributed by atoms with Crippen LogP contribution in [-0.4, -0.2) is 25.0 Å². The van der Waals surface area contributed by atoms with E-state index >= 15 is 0 Å². The quantitative estimate of drug-likeness (QED) is 0.883. The van der Waals surface area contributed by atoms with E-state index in [4.69, 9.17) is 5.73 Å². The zero-order valence-electron chi connectivity index (χ0n) is 14.3. The van der Waals surface area contributed by atoms with Crippen LogP contribution in [0.4, 0.5) is 0 Å². The largest absolute Gasteiger partial charge is 0.323 e. The van der Waals surface area contributed by atoms with Crippen LogP contribution in [-0.2, 0) is 0 Å². The summed E-state index contributed by atoms with van der Waals surface area (Å²) in [6.45, 7) is 8.70. The number of likely N-dealkylation sites (N-methyl/N-ethyl adjacent to an activating group) is 1. The molecule has 2 heteroatoms. The van der Waals surface area contributed by atoms with Gasteiger partial charge in [0, 0.05) is 19.1 Å². The maximum absolute atomic E-state index is 6.51. The van der Waals surface area contributed by atoms with Crippen LogP contribution in [0.2, 0.25) is 0 Å². The molecule has 0 saturated heterocycles. The van der Waals surface area contributed by atoms with Gasteiger partial charge in [-0.15, -0.1) is 0 Å². The van der Waals surface area contributed by atoms with E-state index < -0.39 is 0 Å². The van der Waals surface area contributed by atoms with Gasteiger partial charge in [0.1, 0.15) is 0 Å². The smallest absolute Gasteiger partial charge is 0.0429 e. The van der Waals surface area contributed by atoms with Crippen molar-refractivity contribution in [2.24, 2.45) is 11.7 Å². The molecule has 2 N–H and O–H groups in total. The lowest BCUT2D eigenvalue weighted by molar-refractivity contribution is 0.224. The number of hydrogen-bond acceptors (Lipinski definition) is 2. The fourth-order valence-electron chi connectivity index (χ4n) is 4.09. The normalized spacial score (nSPS) is 18.2. The summed E-state index contributed by atoms with van der Waals surface area (Å²) < 4.78 is 0. The van der Waals surface area contributed by atoms with E-state index in [2.05, 4.69) is 44.9 Å². The fourth-order valence-corrected chi connectivity index (χ4v) is 4.09. The van der Waals surface area contributed by atoms with Crippen LogP contribution in [0.15, 0.2) is 12.1 Å². The van der Waals surface area contributed by atoms with E-state index in [1.807, 2.05) is 0 Å². The molecule has 1 aromatic carbocycles. The Morgan fingerprint density at radius 1 is 1.10 bits per heavy atom. The minimum atomic E-state index is 0.124. The maximum atomic E-state index is 6.51. The molecule has 1 atom stereocenters. The monoisotopic (exact) mass is 288 g/mol. The van der Waals surface area contributed by atoms with Gasteiger partial charge in [-0.05, 0) is 63.3 Å². The van der Waals surface area contributed by atoms with Crippen molar-refractivity contribution in [3.05, 3.63) is 34.4 Å². The van der Waals surface area contributed by atoms with E-state index in [-0.39, 0.29) is 6.04 Å². The Balaban J connectivity index is 1.95. The molecule has 1 fully saturated rings. The van der Waals surface area contributed by atoms with Gasteiger partial charge in [0.15, 0.2) is 0 Å². The molecule has 118 valence electrons. The Kier molecular flexibility index (Phi) is 5.83. The summed E-state index contributed by atoms with van der Waals surface area (Å²) in [6.07, 6.45) is 7.08. The van der Waals surface area contributed by atoms with E-state index in [9.17, 15) is 0 Å². The van der Waals surface area contributed by atoms with E-state index in [1.165, 1.54) is 60.9 Å². The van der Waals surface area contributed by atoms with Gasteiger partial charge in [0.05, 0.1) is 0 Å². The summed E-state index contributed by atoms with van der Waals surface area (Å²) in [5.74, 6) is 0.885. The summed E-state index contributed by atoms with van der Waals surface area (Å²) in [6, 6.07) is 4.63. The van der Waals surface area contributed by atoms with Crippen LogP contribution in [0.25, 0.3) is 0 Å². The molecular formula is C19H32N2. The van der Waals surface area contributed by atoms with Gasteiger partial charge in [0.25, 0.3) is 0 Å². The zero-order valence-corrected chi connectivity index (χ0v) is 14.3. The lowest BCUT2D eigenvalue weighted by Gasteiger charge is -2.29. The topological polar surface area (TPSA) is 29.3 Å². The predicted molar refractivity (Wildman–Crippen MR) is 91.7 cm³/mol. The van der Waals surface area contributed by atoms with E-state index in [0.717, 1.165) is 12.5 Å². The lowest BCUT2D eigenvalue weighted by Crippen LogP contribution is -2.34. The first-order valence-corrected chi connectivity index (χ1v) is 8.49. The van der Waals surface area contributed by atoms with Gasteiger partial charge in [-0.25, -0.2) is 0 Å². The highest BCUT2D eigenvalue weighted by atomic mass is 15.1. The van der Waals surface area contributed by atoms with Gasteiger partial charge >= 0.3 is 0 Å². The van der Waals surface area contributed by atoms with Gasteiger partial charge in [-0.1, -0.05) is 37.0 Å². The summed E-state index contributed by atoms with van der Waals surface area (Å²) in [7, 11) is 2.23. The summed E-state index contributed by atoms with van der Waals surface area (Å²) >= 11 is 0. The third kappa shape index (κ3) is 4.55. The van der Waals surface area contributed by atoms with E-state index in [1.54, 1.807) is 0 Å². The Morgan fingerprint density at radius 3 is 2.24 bits per heavy atom. The van der Waals surface area contributed by atoms with Crippen LogP contribution in [0.3, 0.4) is 0 Å². The molecular weight excluding hydrogens is 256 g/mol. The van der Waals surface area contributed by atoms with Crippen LogP contribution in [0.5, 0.6) is 0 Å². The Labute approximate surface area is 130 Å². The van der Waals surface area contributed by atoms with Crippen molar-refractivity contribution < 1.29 is 0 Å². The third-order valence-corrected chi connectivity index (χ3v) is 4.91. The van der Waals surface area contributed by atoms with Crippen molar-refractivity contribution in [3.8, 4) is 0 Å². The summed E-state index contributed by atoms with van der Waals surface area (Å²) in [4.78, 5) is 2.44. The molecule has 1 saturated carbocycles. The molecule has 0 aliphatic heterocycles. The van der Waals surface area contributed by atoms with Crippen LogP contribution in [0.1, 0.15) is 60.4 Å². The van der Waals surface area contributed by atoms with Gasteiger partial charge < -0.3 is 10.6 Å². The lowest BCUT2D eigenvalue weighted by atomic mass is 9.88. The number of nitrogens with two attached hydrogens (primary N) is 1. The second kappa shape index (κ2) is 7.42. The molecule has 0 amide bonds. The highest BCUT2D eigenvalue weighted by Crippen LogP contribution is 2.26.